The highest BCUT2D eigenvalue weighted by atomic mass is 19.1. The van der Waals surface area contributed by atoms with Crippen LogP contribution in [0.4, 0.5) is 4.39 Å². The maximum Gasteiger partial charge on any atom is 0.123 e. The highest BCUT2D eigenvalue weighted by Crippen LogP contribution is 2.29. The SMILES string of the molecule is CCC(NC1CCCCC1CC)c1cccc(F)c1. The van der Waals surface area contributed by atoms with Crippen molar-refractivity contribution in [1.82, 2.24) is 5.32 Å². The standard InChI is InChI=1S/C17H26FN/c1-3-13-8-5-6-11-17(13)19-16(4-2)14-9-7-10-15(18)12-14/h7,9-10,12-13,16-17,19H,3-6,8,11H2,1-2H3. The second-order valence-corrected chi connectivity index (χ2v) is 5.74. The fraction of sp³-hybridized carbons (Fsp3) is 0.647. The molecule has 3 atom stereocenters. The quantitative estimate of drug-likeness (QED) is 0.802. The lowest BCUT2D eigenvalue weighted by atomic mass is 9.82. The van der Waals surface area contributed by atoms with Crippen LogP contribution in [0.15, 0.2) is 24.3 Å². The van der Waals surface area contributed by atoms with Crippen LogP contribution in [0.1, 0.15) is 64.0 Å². The molecule has 0 amide bonds. The molecule has 0 saturated heterocycles. The van der Waals surface area contributed by atoms with E-state index in [1.54, 1.807) is 6.07 Å². The molecule has 1 fully saturated rings. The average Bonchev–Trinajstić information content (AvgIpc) is 2.45. The number of halogens is 1. The molecule has 106 valence electrons. The molecule has 2 heteroatoms. The van der Waals surface area contributed by atoms with E-state index in [0.717, 1.165) is 17.9 Å². The minimum atomic E-state index is -0.131. The fourth-order valence-corrected chi connectivity index (χ4v) is 3.35. The molecule has 1 N–H and O–H groups in total. The zero-order valence-electron chi connectivity index (χ0n) is 12.2. The summed E-state index contributed by atoms with van der Waals surface area (Å²) in [5.41, 5.74) is 1.09. The minimum absolute atomic E-state index is 0.131. The zero-order chi connectivity index (χ0) is 13.7. The smallest absolute Gasteiger partial charge is 0.123 e. The third-order valence-corrected chi connectivity index (χ3v) is 4.51. The van der Waals surface area contributed by atoms with Crippen LogP contribution < -0.4 is 5.32 Å². The lowest BCUT2D eigenvalue weighted by molar-refractivity contribution is 0.234. The van der Waals surface area contributed by atoms with Gasteiger partial charge in [0.1, 0.15) is 5.82 Å². The van der Waals surface area contributed by atoms with E-state index in [1.807, 2.05) is 12.1 Å². The van der Waals surface area contributed by atoms with Gasteiger partial charge in [-0.05, 0) is 42.9 Å². The molecule has 0 aliphatic heterocycles. The molecule has 0 heterocycles. The van der Waals surface area contributed by atoms with E-state index >= 15 is 0 Å². The zero-order valence-corrected chi connectivity index (χ0v) is 12.2. The Balaban J connectivity index is 2.05. The van der Waals surface area contributed by atoms with E-state index in [-0.39, 0.29) is 11.9 Å². The molecule has 0 radical (unpaired) electrons. The lowest BCUT2D eigenvalue weighted by Gasteiger charge is -2.35. The Bertz CT molecular complexity index is 391. The summed E-state index contributed by atoms with van der Waals surface area (Å²) in [6.07, 6.45) is 7.56. The summed E-state index contributed by atoms with van der Waals surface area (Å²) in [6.45, 7) is 4.46. The van der Waals surface area contributed by atoms with Crippen LogP contribution in [0.25, 0.3) is 0 Å². The van der Waals surface area contributed by atoms with Gasteiger partial charge >= 0.3 is 0 Å². The summed E-state index contributed by atoms with van der Waals surface area (Å²) in [7, 11) is 0. The van der Waals surface area contributed by atoms with Gasteiger partial charge < -0.3 is 5.32 Å². The molecule has 1 saturated carbocycles. The molecule has 0 bridgehead atoms. The van der Waals surface area contributed by atoms with Crippen LogP contribution in [0.2, 0.25) is 0 Å². The second-order valence-electron chi connectivity index (χ2n) is 5.74. The Labute approximate surface area is 116 Å². The van der Waals surface area contributed by atoms with Crippen LogP contribution in [0, 0.1) is 11.7 Å². The van der Waals surface area contributed by atoms with E-state index in [0.29, 0.717) is 6.04 Å². The third kappa shape index (κ3) is 3.79. The van der Waals surface area contributed by atoms with Gasteiger partial charge in [0, 0.05) is 12.1 Å². The number of nitrogens with one attached hydrogen (secondary N) is 1. The first-order valence-electron chi connectivity index (χ1n) is 7.76. The minimum Gasteiger partial charge on any atom is -0.307 e. The van der Waals surface area contributed by atoms with E-state index in [1.165, 1.54) is 38.2 Å². The molecule has 1 aliphatic carbocycles. The van der Waals surface area contributed by atoms with Crippen molar-refractivity contribution in [1.29, 1.82) is 0 Å². The number of hydrogen-bond acceptors (Lipinski definition) is 1. The molecule has 1 nitrogen and oxygen atoms in total. The van der Waals surface area contributed by atoms with Gasteiger partial charge in [-0.3, -0.25) is 0 Å². The average molecular weight is 263 g/mol. The highest BCUT2D eigenvalue weighted by Gasteiger charge is 2.25. The largest absolute Gasteiger partial charge is 0.307 e. The first kappa shape index (κ1) is 14.5. The van der Waals surface area contributed by atoms with Crippen molar-refractivity contribution in [3.63, 3.8) is 0 Å². The molecule has 1 aromatic rings. The Hall–Kier alpha value is -0.890. The van der Waals surface area contributed by atoms with Gasteiger partial charge in [-0.2, -0.15) is 0 Å². The van der Waals surface area contributed by atoms with E-state index in [4.69, 9.17) is 0 Å². The van der Waals surface area contributed by atoms with Crippen molar-refractivity contribution in [2.24, 2.45) is 5.92 Å². The maximum atomic E-state index is 13.4. The van der Waals surface area contributed by atoms with Crippen molar-refractivity contribution >= 4 is 0 Å². The summed E-state index contributed by atoms with van der Waals surface area (Å²) < 4.78 is 13.4. The van der Waals surface area contributed by atoms with Gasteiger partial charge in [-0.1, -0.05) is 45.2 Å². The van der Waals surface area contributed by atoms with Crippen LogP contribution in [0.3, 0.4) is 0 Å². The number of hydrogen-bond donors (Lipinski definition) is 1. The summed E-state index contributed by atoms with van der Waals surface area (Å²) in [4.78, 5) is 0. The molecular formula is C17H26FN. The lowest BCUT2D eigenvalue weighted by Crippen LogP contribution is -2.40. The summed E-state index contributed by atoms with van der Waals surface area (Å²) in [5, 5.41) is 3.78. The Morgan fingerprint density at radius 2 is 2.05 bits per heavy atom. The van der Waals surface area contributed by atoms with Crippen LogP contribution in [-0.2, 0) is 0 Å². The maximum absolute atomic E-state index is 13.4. The normalized spacial score (nSPS) is 25.2. The van der Waals surface area contributed by atoms with E-state index in [2.05, 4.69) is 19.2 Å². The van der Waals surface area contributed by atoms with Crippen molar-refractivity contribution in [3.05, 3.63) is 35.6 Å². The second kappa shape index (κ2) is 7.04. The molecule has 3 unspecified atom stereocenters. The Kier molecular flexibility index (Phi) is 5.38. The number of benzene rings is 1. The van der Waals surface area contributed by atoms with Crippen molar-refractivity contribution in [2.75, 3.05) is 0 Å². The molecule has 1 aliphatic rings. The van der Waals surface area contributed by atoms with Crippen molar-refractivity contribution in [2.45, 2.75) is 64.5 Å². The number of rotatable bonds is 5. The first-order chi connectivity index (χ1) is 9.24. The Morgan fingerprint density at radius 1 is 1.26 bits per heavy atom. The van der Waals surface area contributed by atoms with Crippen LogP contribution >= 0.6 is 0 Å². The molecule has 0 spiro atoms. The molecule has 1 aromatic carbocycles. The highest BCUT2D eigenvalue weighted by molar-refractivity contribution is 5.20. The van der Waals surface area contributed by atoms with E-state index in [9.17, 15) is 4.39 Å². The Morgan fingerprint density at radius 3 is 2.74 bits per heavy atom. The monoisotopic (exact) mass is 263 g/mol. The van der Waals surface area contributed by atoms with Gasteiger partial charge in [0.25, 0.3) is 0 Å². The van der Waals surface area contributed by atoms with Gasteiger partial charge in [0.05, 0.1) is 0 Å². The summed E-state index contributed by atoms with van der Waals surface area (Å²) in [6, 6.07) is 7.93. The predicted molar refractivity (Wildman–Crippen MR) is 78.6 cm³/mol. The molecule has 2 rings (SSSR count). The van der Waals surface area contributed by atoms with Crippen molar-refractivity contribution in [3.8, 4) is 0 Å². The predicted octanol–water partition coefficient (Wildman–Crippen LogP) is 4.84. The van der Waals surface area contributed by atoms with Gasteiger partial charge in [-0.25, -0.2) is 4.39 Å². The molecular weight excluding hydrogens is 237 g/mol. The van der Waals surface area contributed by atoms with E-state index < -0.39 is 0 Å². The molecule has 0 aromatic heterocycles. The first-order valence-corrected chi connectivity index (χ1v) is 7.76. The summed E-state index contributed by atoms with van der Waals surface area (Å²) in [5.74, 6) is 0.657. The summed E-state index contributed by atoms with van der Waals surface area (Å²) >= 11 is 0. The van der Waals surface area contributed by atoms with Gasteiger partial charge in [0.15, 0.2) is 0 Å². The van der Waals surface area contributed by atoms with Gasteiger partial charge in [-0.15, -0.1) is 0 Å². The van der Waals surface area contributed by atoms with Crippen molar-refractivity contribution < 1.29 is 4.39 Å². The fourth-order valence-electron chi connectivity index (χ4n) is 3.35. The third-order valence-electron chi connectivity index (χ3n) is 4.51. The van der Waals surface area contributed by atoms with Crippen LogP contribution in [-0.4, -0.2) is 6.04 Å². The van der Waals surface area contributed by atoms with Crippen LogP contribution in [0.5, 0.6) is 0 Å². The topological polar surface area (TPSA) is 12.0 Å². The molecule has 19 heavy (non-hydrogen) atoms. The van der Waals surface area contributed by atoms with Gasteiger partial charge in [0.2, 0.25) is 0 Å².